The summed E-state index contributed by atoms with van der Waals surface area (Å²) in [5, 5.41) is 5.02. The van der Waals surface area contributed by atoms with Gasteiger partial charge in [0.2, 0.25) is 0 Å². The van der Waals surface area contributed by atoms with E-state index in [1.807, 2.05) is 24.3 Å². The van der Waals surface area contributed by atoms with E-state index in [0.29, 0.717) is 32.7 Å². The van der Waals surface area contributed by atoms with Crippen molar-refractivity contribution in [1.82, 2.24) is 5.43 Å². The third kappa shape index (κ3) is 6.39. The molecule has 0 saturated carbocycles. The maximum absolute atomic E-state index is 12.7. The number of methoxy groups -OCH3 is 1. The first kappa shape index (κ1) is 24.7. The summed E-state index contributed by atoms with van der Waals surface area (Å²) in [5.41, 5.74) is 3.10. The lowest BCUT2D eigenvalue weighted by Crippen LogP contribution is -2.24. The van der Waals surface area contributed by atoms with Gasteiger partial charge in [0.25, 0.3) is 5.91 Å². The molecule has 0 saturated heterocycles. The molecule has 0 aliphatic carbocycles. The van der Waals surface area contributed by atoms with E-state index in [1.165, 1.54) is 17.6 Å². The molecular formula is C25H18BrClN2O5S. The van der Waals surface area contributed by atoms with Gasteiger partial charge in [-0.15, -0.1) is 11.3 Å². The Morgan fingerprint density at radius 3 is 2.57 bits per heavy atom. The molecule has 0 radical (unpaired) electrons. The summed E-state index contributed by atoms with van der Waals surface area (Å²) in [6.07, 6.45) is 1.47. The molecule has 0 aliphatic rings. The van der Waals surface area contributed by atoms with Crippen molar-refractivity contribution in [3.8, 4) is 17.2 Å². The van der Waals surface area contributed by atoms with Crippen LogP contribution in [0.4, 0.5) is 0 Å². The molecule has 1 heterocycles. The van der Waals surface area contributed by atoms with Crippen LogP contribution in [0.1, 0.15) is 15.2 Å². The first-order chi connectivity index (χ1) is 16.9. The molecule has 0 atom stereocenters. The average Bonchev–Trinajstić information content (AvgIpc) is 3.19. The highest BCUT2D eigenvalue weighted by Gasteiger charge is 2.19. The number of ether oxygens (including phenoxy) is 3. The molecule has 0 aliphatic heterocycles. The summed E-state index contributed by atoms with van der Waals surface area (Å²) in [6.45, 7) is -0.171. The van der Waals surface area contributed by atoms with Crippen LogP contribution in [0.2, 0.25) is 5.02 Å². The Morgan fingerprint density at radius 2 is 1.83 bits per heavy atom. The summed E-state index contributed by atoms with van der Waals surface area (Å²) in [4.78, 5) is 24.9. The van der Waals surface area contributed by atoms with E-state index in [-0.39, 0.29) is 6.61 Å². The second-order valence-corrected chi connectivity index (χ2v) is 9.45. The van der Waals surface area contributed by atoms with E-state index in [4.69, 9.17) is 25.8 Å². The van der Waals surface area contributed by atoms with Gasteiger partial charge in [0.1, 0.15) is 22.1 Å². The summed E-state index contributed by atoms with van der Waals surface area (Å²) in [7, 11) is 1.58. The van der Waals surface area contributed by atoms with Gasteiger partial charge in [0.15, 0.2) is 6.61 Å². The van der Waals surface area contributed by atoms with Gasteiger partial charge < -0.3 is 14.2 Å². The Hall–Kier alpha value is -3.40. The summed E-state index contributed by atoms with van der Waals surface area (Å²) >= 11 is 11.0. The predicted octanol–water partition coefficient (Wildman–Crippen LogP) is 6.07. The van der Waals surface area contributed by atoms with Gasteiger partial charge in [-0.2, -0.15) is 5.10 Å². The van der Waals surface area contributed by atoms with Crippen molar-refractivity contribution in [2.45, 2.75) is 0 Å². The van der Waals surface area contributed by atoms with E-state index in [2.05, 4.69) is 26.5 Å². The first-order valence-corrected chi connectivity index (χ1v) is 12.2. The van der Waals surface area contributed by atoms with Crippen molar-refractivity contribution >= 4 is 67.0 Å². The molecular weight excluding hydrogens is 556 g/mol. The van der Waals surface area contributed by atoms with E-state index in [9.17, 15) is 9.59 Å². The van der Waals surface area contributed by atoms with Crippen molar-refractivity contribution in [2.75, 3.05) is 13.7 Å². The van der Waals surface area contributed by atoms with Gasteiger partial charge in [-0.25, -0.2) is 10.2 Å². The van der Waals surface area contributed by atoms with Crippen LogP contribution in [-0.2, 0) is 4.79 Å². The number of hydrogen-bond donors (Lipinski definition) is 1. The van der Waals surface area contributed by atoms with Gasteiger partial charge in [-0.1, -0.05) is 33.6 Å². The lowest BCUT2D eigenvalue weighted by molar-refractivity contribution is -0.123. The molecule has 1 N–H and O–H groups in total. The minimum absolute atomic E-state index is 0.171. The van der Waals surface area contributed by atoms with Gasteiger partial charge in [0, 0.05) is 14.6 Å². The van der Waals surface area contributed by atoms with Crippen LogP contribution in [0.25, 0.3) is 10.1 Å². The standard InChI is InChI=1S/C25H18BrClN2O5S/c1-32-18-9-10-20-21(12-18)35-24(23(20)27)25(31)34-17-7-5-15(6-8-17)13-28-29-22(30)14-33-19-4-2-3-16(26)11-19/h2-13H,14H2,1H3,(H,29,30)/b28-13+. The minimum Gasteiger partial charge on any atom is -0.497 e. The third-order valence-electron chi connectivity index (χ3n) is 4.68. The first-order valence-electron chi connectivity index (χ1n) is 10.2. The Kier molecular flexibility index (Phi) is 8.02. The van der Waals surface area contributed by atoms with Gasteiger partial charge in [0.05, 0.1) is 18.3 Å². The topological polar surface area (TPSA) is 86.2 Å². The second-order valence-electron chi connectivity index (χ2n) is 7.11. The summed E-state index contributed by atoms with van der Waals surface area (Å²) < 4.78 is 17.8. The highest BCUT2D eigenvalue weighted by Crippen LogP contribution is 2.37. The molecule has 35 heavy (non-hydrogen) atoms. The number of thiophene rings is 1. The van der Waals surface area contributed by atoms with E-state index < -0.39 is 11.9 Å². The Labute approximate surface area is 218 Å². The molecule has 0 unspecified atom stereocenters. The highest BCUT2D eigenvalue weighted by atomic mass is 79.9. The Morgan fingerprint density at radius 1 is 1.06 bits per heavy atom. The quantitative estimate of drug-likeness (QED) is 0.120. The molecule has 0 spiro atoms. The zero-order valence-electron chi connectivity index (χ0n) is 18.3. The number of carbonyl (C=O) groups excluding carboxylic acids is 2. The lowest BCUT2D eigenvalue weighted by Gasteiger charge is -2.05. The monoisotopic (exact) mass is 572 g/mol. The fourth-order valence-corrected chi connectivity index (χ4v) is 4.79. The Balaban J connectivity index is 1.31. The van der Waals surface area contributed by atoms with Crippen molar-refractivity contribution < 1.29 is 23.8 Å². The molecule has 4 aromatic rings. The zero-order valence-corrected chi connectivity index (χ0v) is 21.4. The molecule has 0 fully saturated rings. The van der Waals surface area contributed by atoms with Crippen LogP contribution < -0.4 is 19.6 Å². The number of benzene rings is 3. The average molecular weight is 574 g/mol. The molecule has 178 valence electrons. The van der Waals surface area contributed by atoms with Gasteiger partial charge in [-0.05, 0) is 66.2 Å². The van der Waals surface area contributed by atoms with Crippen LogP contribution in [-0.4, -0.2) is 31.8 Å². The van der Waals surface area contributed by atoms with Crippen LogP contribution in [0.5, 0.6) is 17.2 Å². The molecule has 1 aromatic heterocycles. The number of hydrazone groups is 1. The lowest BCUT2D eigenvalue weighted by atomic mass is 10.2. The van der Waals surface area contributed by atoms with Crippen molar-refractivity contribution in [2.24, 2.45) is 5.10 Å². The molecule has 4 rings (SSSR count). The van der Waals surface area contributed by atoms with E-state index >= 15 is 0 Å². The van der Waals surface area contributed by atoms with Crippen LogP contribution >= 0.6 is 38.9 Å². The number of nitrogens with one attached hydrogen (secondary N) is 1. The number of fused-ring (bicyclic) bond motifs is 1. The van der Waals surface area contributed by atoms with Crippen LogP contribution in [0.15, 0.2) is 76.3 Å². The summed E-state index contributed by atoms with van der Waals surface area (Å²) in [5.74, 6) is 0.657. The number of carbonyl (C=O) groups is 2. The number of rotatable bonds is 8. The number of nitrogens with zero attached hydrogens (tertiary/aromatic N) is 1. The number of esters is 1. The highest BCUT2D eigenvalue weighted by molar-refractivity contribution is 9.10. The number of amides is 1. The van der Waals surface area contributed by atoms with Crippen molar-refractivity contribution in [3.05, 3.63) is 86.7 Å². The largest absolute Gasteiger partial charge is 0.497 e. The predicted molar refractivity (Wildman–Crippen MR) is 140 cm³/mol. The smallest absolute Gasteiger partial charge is 0.355 e. The fraction of sp³-hybridized carbons (Fsp3) is 0.0800. The zero-order chi connectivity index (χ0) is 24.8. The van der Waals surface area contributed by atoms with Crippen molar-refractivity contribution in [1.29, 1.82) is 0 Å². The minimum atomic E-state index is -0.547. The van der Waals surface area contributed by atoms with Crippen LogP contribution in [0, 0.1) is 0 Å². The maximum Gasteiger partial charge on any atom is 0.355 e. The molecule has 0 bridgehead atoms. The van der Waals surface area contributed by atoms with Crippen molar-refractivity contribution in [3.63, 3.8) is 0 Å². The van der Waals surface area contributed by atoms with E-state index in [1.54, 1.807) is 49.6 Å². The van der Waals surface area contributed by atoms with Crippen LogP contribution in [0.3, 0.4) is 0 Å². The maximum atomic E-state index is 12.7. The molecule has 10 heteroatoms. The second kappa shape index (κ2) is 11.4. The molecule has 1 amide bonds. The van der Waals surface area contributed by atoms with Gasteiger partial charge in [-0.3, -0.25) is 4.79 Å². The van der Waals surface area contributed by atoms with Gasteiger partial charge >= 0.3 is 5.97 Å². The number of hydrogen-bond acceptors (Lipinski definition) is 7. The summed E-state index contributed by atoms with van der Waals surface area (Å²) in [6, 6.07) is 19.3. The molecule has 3 aromatic carbocycles. The fourth-order valence-electron chi connectivity index (χ4n) is 3.00. The normalized spacial score (nSPS) is 10.9. The third-order valence-corrected chi connectivity index (χ3v) is 6.81. The molecule has 7 nitrogen and oxygen atoms in total. The van der Waals surface area contributed by atoms with E-state index in [0.717, 1.165) is 14.6 Å². The Bertz CT molecular complexity index is 1410. The SMILES string of the molecule is COc1ccc2c(Cl)c(C(=O)Oc3ccc(/C=N/NC(=O)COc4cccc(Br)c4)cc3)sc2c1. The number of halogens is 2.